The lowest BCUT2D eigenvalue weighted by Crippen LogP contribution is -2.67. The summed E-state index contributed by atoms with van der Waals surface area (Å²) in [6.45, 7) is 6.69. The molecule has 2 unspecified atom stereocenters. The van der Waals surface area contributed by atoms with E-state index in [2.05, 4.69) is 6.58 Å². The highest BCUT2D eigenvalue weighted by molar-refractivity contribution is 6.19. The van der Waals surface area contributed by atoms with Crippen LogP contribution >= 0.6 is 0 Å². The predicted molar refractivity (Wildman–Crippen MR) is 125 cm³/mol. The van der Waals surface area contributed by atoms with Crippen molar-refractivity contribution in [3.63, 3.8) is 0 Å². The molecule has 0 saturated carbocycles. The van der Waals surface area contributed by atoms with E-state index in [0.29, 0.717) is 9.13 Å². The van der Waals surface area contributed by atoms with Crippen LogP contribution in [0.3, 0.4) is 0 Å². The summed E-state index contributed by atoms with van der Waals surface area (Å²) in [7, 11) is 1.17. The van der Waals surface area contributed by atoms with Crippen LogP contribution in [0.1, 0.15) is 40.0 Å². The lowest BCUT2D eigenvalue weighted by atomic mass is 9.77. The minimum atomic E-state index is -1.57. The average molecular weight is 496 g/mol. The third-order valence-corrected chi connectivity index (χ3v) is 6.44. The SMILES string of the molecule is C=CCn1c(=O)n(C)c(=O)n(CC(O)CN2C(=O)N(CC(O)CC)C(=O)C(CC)(CC)C2=O)c1=O. The van der Waals surface area contributed by atoms with E-state index in [0.717, 1.165) is 14.4 Å². The number of imide groups is 2. The van der Waals surface area contributed by atoms with Crippen LogP contribution in [0, 0.1) is 5.41 Å². The standard InChI is InChI=1S/C22H33N5O8/c1-6-10-24-18(32)23(5)19(33)27(20(24)34)13-15(29)12-26-17(31)22(8-3,9-4)16(30)25(21(26)35)11-14(28)7-2/h6,14-15,28-29H,1,7-13H2,2-5H3. The molecule has 0 aliphatic carbocycles. The van der Waals surface area contributed by atoms with Gasteiger partial charge in [-0.25, -0.2) is 32.9 Å². The number of amides is 4. The van der Waals surface area contributed by atoms with Crippen LogP contribution in [-0.2, 0) is 29.7 Å². The molecule has 0 bridgehead atoms. The van der Waals surface area contributed by atoms with Crippen LogP contribution in [-0.4, -0.2) is 76.9 Å². The second-order valence-corrected chi connectivity index (χ2v) is 8.54. The molecule has 1 saturated heterocycles. The lowest BCUT2D eigenvalue weighted by Gasteiger charge is -2.44. The van der Waals surface area contributed by atoms with Crippen LogP contribution in [0.4, 0.5) is 4.79 Å². The van der Waals surface area contributed by atoms with E-state index in [-0.39, 0.29) is 32.4 Å². The van der Waals surface area contributed by atoms with Gasteiger partial charge in [0.05, 0.1) is 38.4 Å². The highest BCUT2D eigenvalue weighted by Gasteiger charge is 2.55. The molecule has 35 heavy (non-hydrogen) atoms. The number of aromatic nitrogens is 3. The quantitative estimate of drug-likeness (QED) is 0.280. The maximum Gasteiger partial charge on any atom is 0.336 e. The number of allylic oxidation sites excluding steroid dienone is 1. The van der Waals surface area contributed by atoms with Gasteiger partial charge in [0.15, 0.2) is 0 Å². The number of β-amino-alcohol motifs (C(OH)–C–C–N with tert-alkyl or cyclic N) is 2. The zero-order chi connectivity index (χ0) is 26.7. The second kappa shape index (κ2) is 11.0. The molecule has 2 heterocycles. The summed E-state index contributed by atoms with van der Waals surface area (Å²) in [6, 6.07) is -0.999. The van der Waals surface area contributed by atoms with Gasteiger partial charge in [0.1, 0.15) is 5.41 Å². The first-order valence-corrected chi connectivity index (χ1v) is 11.5. The van der Waals surface area contributed by atoms with Crippen LogP contribution in [0.15, 0.2) is 27.0 Å². The van der Waals surface area contributed by atoms with Gasteiger partial charge in [-0.05, 0) is 19.3 Å². The zero-order valence-corrected chi connectivity index (χ0v) is 20.5. The van der Waals surface area contributed by atoms with Crippen molar-refractivity contribution < 1.29 is 24.6 Å². The molecule has 4 amide bonds. The molecule has 0 spiro atoms. The zero-order valence-electron chi connectivity index (χ0n) is 20.5. The smallest absolute Gasteiger partial charge is 0.336 e. The van der Waals surface area contributed by atoms with E-state index < -0.39 is 65.6 Å². The minimum absolute atomic E-state index is 0.0896. The molecule has 194 valence electrons. The summed E-state index contributed by atoms with van der Waals surface area (Å²) in [4.78, 5) is 78.4. The van der Waals surface area contributed by atoms with E-state index in [9.17, 15) is 39.0 Å². The monoisotopic (exact) mass is 495 g/mol. The maximum absolute atomic E-state index is 13.3. The third-order valence-electron chi connectivity index (χ3n) is 6.44. The number of hydrogen-bond acceptors (Lipinski definition) is 8. The highest BCUT2D eigenvalue weighted by Crippen LogP contribution is 2.36. The first kappa shape index (κ1) is 27.9. The molecule has 2 rings (SSSR count). The molecule has 0 radical (unpaired) electrons. The van der Waals surface area contributed by atoms with Gasteiger partial charge < -0.3 is 10.2 Å². The van der Waals surface area contributed by atoms with Gasteiger partial charge in [0, 0.05) is 7.05 Å². The largest absolute Gasteiger partial charge is 0.391 e. The number of aliphatic hydroxyl groups is 2. The van der Waals surface area contributed by atoms with Gasteiger partial charge in [-0.15, -0.1) is 6.58 Å². The van der Waals surface area contributed by atoms with Crippen molar-refractivity contribution in [2.24, 2.45) is 12.5 Å². The van der Waals surface area contributed by atoms with Gasteiger partial charge in [0.2, 0.25) is 11.8 Å². The van der Waals surface area contributed by atoms with Crippen molar-refractivity contribution in [2.45, 2.75) is 65.3 Å². The van der Waals surface area contributed by atoms with E-state index >= 15 is 0 Å². The fraction of sp³-hybridized carbons (Fsp3) is 0.636. The molecular formula is C22H33N5O8. The van der Waals surface area contributed by atoms with Crippen molar-refractivity contribution in [1.29, 1.82) is 0 Å². The number of barbiturate groups is 1. The molecule has 1 aliphatic heterocycles. The van der Waals surface area contributed by atoms with Gasteiger partial charge in [-0.1, -0.05) is 26.8 Å². The Morgan fingerprint density at radius 2 is 1.29 bits per heavy atom. The number of aliphatic hydroxyl groups excluding tert-OH is 2. The molecule has 1 fully saturated rings. The van der Waals surface area contributed by atoms with Gasteiger partial charge in [0.25, 0.3) is 0 Å². The van der Waals surface area contributed by atoms with E-state index in [4.69, 9.17) is 0 Å². The Labute approximate surface area is 201 Å². The molecule has 2 N–H and O–H groups in total. The summed E-state index contributed by atoms with van der Waals surface area (Å²) in [6.07, 6.45) is -0.823. The van der Waals surface area contributed by atoms with Crippen molar-refractivity contribution >= 4 is 17.8 Å². The van der Waals surface area contributed by atoms with Crippen LogP contribution < -0.4 is 17.1 Å². The Bertz CT molecular complexity index is 1180. The topological polar surface area (TPSA) is 164 Å². The number of nitrogens with zero attached hydrogens (tertiary/aromatic N) is 5. The summed E-state index contributed by atoms with van der Waals surface area (Å²) in [5.41, 5.74) is -4.36. The predicted octanol–water partition coefficient (Wildman–Crippen LogP) is -1.38. The molecule has 1 aromatic rings. The Kier molecular flexibility index (Phi) is 8.74. The molecule has 1 aromatic heterocycles. The second-order valence-electron chi connectivity index (χ2n) is 8.54. The molecule has 13 nitrogen and oxygen atoms in total. The Morgan fingerprint density at radius 1 is 0.800 bits per heavy atom. The lowest BCUT2D eigenvalue weighted by molar-refractivity contribution is -0.161. The Morgan fingerprint density at radius 3 is 1.74 bits per heavy atom. The fourth-order valence-corrected chi connectivity index (χ4v) is 4.12. The normalized spacial score (nSPS) is 17.6. The third kappa shape index (κ3) is 4.91. The van der Waals surface area contributed by atoms with Crippen LogP contribution in [0.25, 0.3) is 0 Å². The summed E-state index contributed by atoms with van der Waals surface area (Å²) in [5, 5.41) is 20.8. The minimum Gasteiger partial charge on any atom is -0.391 e. The number of urea groups is 1. The average Bonchev–Trinajstić information content (AvgIpc) is 2.84. The molecular weight excluding hydrogens is 462 g/mol. The summed E-state index contributed by atoms with van der Waals surface area (Å²) < 4.78 is 2.08. The summed E-state index contributed by atoms with van der Waals surface area (Å²) >= 11 is 0. The van der Waals surface area contributed by atoms with Crippen LogP contribution in [0.2, 0.25) is 0 Å². The highest BCUT2D eigenvalue weighted by atomic mass is 16.3. The first-order valence-electron chi connectivity index (χ1n) is 11.5. The first-order chi connectivity index (χ1) is 16.4. The summed E-state index contributed by atoms with van der Waals surface area (Å²) in [5.74, 6) is -1.51. The van der Waals surface area contributed by atoms with E-state index in [1.165, 1.54) is 13.1 Å². The van der Waals surface area contributed by atoms with Crippen molar-refractivity contribution in [3.05, 3.63) is 44.1 Å². The fourth-order valence-electron chi connectivity index (χ4n) is 4.12. The maximum atomic E-state index is 13.3. The number of carbonyl (C=O) groups excluding carboxylic acids is 3. The number of rotatable bonds is 11. The van der Waals surface area contributed by atoms with Crippen molar-refractivity contribution in [2.75, 3.05) is 13.1 Å². The van der Waals surface area contributed by atoms with Gasteiger partial charge in [-0.3, -0.25) is 19.4 Å². The molecule has 13 heteroatoms. The van der Waals surface area contributed by atoms with Crippen molar-refractivity contribution in [3.8, 4) is 0 Å². The van der Waals surface area contributed by atoms with E-state index in [1.54, 1.807) is 20.8 Å². The van der Waals surface area contributed by atoms with Crippen molar-refractivity contribution in [1.82, 2.24) is 23.5 Å². The number of hydrogen-bond donors (Lipinski definition) is 2. The Balaban J connectivity index is 2.45. The van der Waals surface area contributed by atoms with Gasteiger partial charge >= 0.3 is 23.1 Å². The van der Waals surface area contributed by atoms with Gasteiger partial charge in [-0.2, -0.15) is 0 Å². The number of carbonyl (C=O) groups is 3. The van der Waals surface area contributed by atoms with Crippen LogP contribution in [0.5, 0.6) is 0 Å². The van der Waals surface area contributed by atoms with E-state index in [1.807, 2.05) is 0 Å². The Hall–Kier alpha value is -3.32. The molecule has 2 atom stereocenters. The molecule has 0 aromatic carbocycles. The molecule has 1 aliphatic rings.